The number of halogens is 1. The number of benzene rings is 1. The number of sulfonamides is 1. The Kier molecular flexibility index (Phi) is 5.30. The molecule has 1 N–H and O–H groups in total. The molecular weight excluding hydrogens is 385 g/mol. The number of hydrogen-bond donors (Lipinski definition) is 1. The monoisotopic (exact) mass is 401 g/mol. The average Bonchev–Trinajstić information content (AvgIpc) is 2.86. The van der Waals surface area contributed by atoms with Crippen molar-refractivity contribution >= 4 is 38.8 Å². The van der Waals surface area contributed by atoms with Gasteiger partial charge in [-0.05, 0) is 12.1 Å². The number of hydrogen-bond acceptors (Lipinski definition) is 6. The second-order valence-corrected chi connectivity index (χ2v) is 8.51. The Morgan fingerprint density at radius 2 is 1.96 bits per heavy atom. The first-order chi connectivity index (χ1) is 12.3. The van der Waals surface area contributed by atoms with Crippen molar-refractivity contribution in [1.82, 2.24) is 14.5 Å². The van der Waals surface area contributed by atoms with Crippen molar-refractivity contribution in [1.29, 1.82) is 0 Å². The Morgan fingerprint density at radius 3 is 2.58 bits per heavy atom. The molecule has 3 rings (SSSR count). The van der Waals surface area contributed by atoms with E-state index >= 15 is 0 Å². The lowest BCUT2D eigenvalue weighted by Gasteiger charge is -2.42. The smallest absolute Gasteiger partial charge is 0.289 e. The van der Waals surface area contributed by atoms with Crippen LogP contribution in [0.5, 0.6) is 0 Å². The van der Waals surface area contributed by atoms with Crippen molar-refractivity contribution in [2.75, 3.05) is 25.4 Å². The van der Waals surface area contributed by atoms with Crippen LogP contribution in [0, 0.1) is 5.82 Å². The largest absolute Gasteiger partial charge is 0.338 e. The first-order valence-electron chi connectivity index (χ1n) is 7.80. The van der Waals surface area contributed by atoms with Crippen LogP contribution in [-0.2, 0) is 19.6 Å². The minimum Gasteiger partial charge on any atom is -0.338 e. The van der Waals surface area contributed by atoms with Crippen molar-refractivity contribution in [2.45, 2.75) is 17.4 Å². The van der Waals surface area contributed by atoms with Gasteiger partial charge in [0.25, 0.3) is 5.24 Å². The summed E-state index contributed by atoms with van der Waals surface area (Å²) in [6.07, 6.45) is -0.100. The normalized spacial score (nSPS) is 18.3. The number of amides is 3. The molecule has 2 aliphatic rings. The number of thioether (sulfide) groups is 1. The zero-order chi connectivity index (χ0) is 18.9. The summed E-state index contributed by atoms with van der Waals surface area (Å²) in [5.41, 5.74) is 0. The van der Waals surface area contributed by atoms with Crippen molar-refractivity contribution in [2.24, 2.45) is 0 Å². The average molecular weight is 401 g/mol. The highest BCUT2D eigenvalue weighted by Crippen LogP contribution is 2.26. The molecule has 26 heavy (non-hydrogen) atoms. The van der Waals surface area contributed by atoms with Crippen LogP contribution < -0.4 is 4.72 Å². The molecule has 0 atom stereocenters. The molecule has 140 valence electrons. The fraction of sp³-hybridized carbons (Fsp3) is 0.400. The minimum absolute atomic E-state index is 0.100. The lowest BCUT2D eigenvalue weighted by Crippen LogP contribution is -2.62. The Balaban J connectivity index is 1.46. The highest BCUT2D eigenvalue weighted by Gasteiger charge is 2.43. The van der Waals surface area contributed by atoms with Crippen LogP contribution in [0.1, 0.15) is 6.42 Å². The molecule has 8 nitrogen and oxygen atoms in total. The van der Waals surface area contributed by atoms with Gasteiger partial charge in [-0.2, -0.15) is 0 Å². The van der Waals surface area contributed by atoms with Crippen LogP contribution in [0.4, 0.5) is 9.18 Å². The molecule has 0 spiro atoms. The Bertz CT molecular complexity index is 839. The summed E-state index contributed by atoms with van der Waals surface area (Å²) in [6, 6.07) is 4.65. The van der Waals surface area contributed by atoms with E-state index in [0.29, 0.717) is 0 Å². The van der Waals surface area contributed by atoms with Gasteiger partial charge in [-0.15, -0.1) is 0 Å². The Hall–Kier alpha value is -1.98. The van der Waals surface area contributed by atoms with E-state index in [9.17, 15) is 27.2 Å². The summed E-state index contributed by atoms with van der Waals surface area (Å²) in [5, 5.41) is -0.301. The zero-order valence-corrected chi connectivity index (χ0v) is 15.2. The molecule has 0 aliphatic carbocycles. The second-order valence-electron chi connectivity index (χ2n) is 5.85. The molecule has 2 heterocycles. The Labute approximate surface area is 153 Å². The van der Waals surface area contributed by atoms with Gasteiger partial charge < -0.3 is 4.90 Å². The van der Waals surface area contributed by atoms with Gasteiger partial charge in [0.15, 0.2) is 0 Å². The van der Waals surface area contributed by atoms with Gasteiger partial charge in [-0.3, -0.25) is 19.3 Å². The van der Waals surface area contributed by atoms with Crippen LogP contribution in [0.15, 0.2) is 29.2 Å². The van der Waals surface area contributed by atoms with Gasteiger partial charge in [0, 0.05) is 26.1 Å². The van der Waals surface area contributed by atoms with E-state index in [1.54, 1.807) is 0 Å². The first kappa shape index (κ1) is 18.8. The maximum absolute atomic E-state index is 13.6. The van der Waals surface area contributed by atoms with Crippen LogP contribution in [-0.4, -0.2) is 66.7 Å². The van der Waals surface area contributed by atoms with E-state index < -0.39 is 20.7 Å². The predicted octanol–water partition coefficient (Wildman–Crippen LogP) is 0.400. The quantitative estimate of drug-likeness (QED) is 0.740. The highest BCUT2D eigenvalue weighted by molar-refractivity contribution is 8.14. The van der Waals surface area contributed by atoms with Crippen LogP contribution in [0.25, 0.3) is 0 Å². The van der Waals surface area contributed by atoms with E-state index in [4.69, 9.17) is 0 Å². The maximum atomic E-state index is 13.6. The number of carbonyl (C=O) groups is 3. The van der Waals surface area contributed by atoms with E-state index in [1.807, 2.05) is 0 Å². The molecule has 11 heteroatoms. The third-order valence-corrected chi connectivity index (χ3v) is 6.45. The van der Waals surface area contributed by atoms with Gasteiger partial charge in [-0.25, -0.2) is 17.5 Å². The van der Waals surface area contributed by atoms with E-state index in [0.717, 1.165) is 23.9 Å². The van der Waals surface area contributed by atoms with Gasteiger partial charge >= 0.3 is 0 Å². The number of nitrogens with zero attached hydrogens (tertiary/aromatic N) is 2. The lowest BCUT2D eigenvalue weighted by atomic mass is 10.1. The van der Waals surface area contributed by atoms with Crippen LogP contribution in [0.2, 0.25) is 0 Å². The van der Waals surface area contributed by atoms with Crippen molar-refractivity contribution in [3.63, 3.8) is 0 Å². The van der Waals surface area contributed by atoms with Crippen LogP contribution >= 0.6 is 11.8 Å². The molecule has 0 radical (unpaired) electrons. The van der Waals surface area contributed by atoms with E-state index in [2.05, 4.69) is 4.72 Å². The number of imide groups is 1. The SMILES string of the molecule is O=C(CCNS(=O)(=O)c1ccccc1F)N1CC(N2C(=O)CSC2=O)C1. The van der Waals surface area contributed by atoms with Crippen LogP contribution in [0.3, 0.4) is 0 Å². The lowest BCUT2D eigenvalue weighted by molar-refractivity contribution is -0.141. The fourth-order valence-electron chi connectivity index (χ4n) is 2.73. The molecule has 0 bridgehead atoms. The molecule has 0 saturated carbocycles. The van der Waals surface area contributed by atoms with Gasteiger partial charge in [0.2, 0.25) is 21.8 Å². The summed E-state index contributed by atoms with van der Waals surface area (Å²) >= 11 is 0.943. The summed E-state index contributed by atoms with van der Waals surface area (Å²) in [7, 11) is -4.04. The molecule has 3 amide bonds. The second kappa shape index (κ2) is 7.33. The summed E-state index contributed by atoms with van der Waals surface area (Å²) in [4.78, 5) is 37.4. The standard InChI is InChI=1S/C15H16FN3O5S2/c16-11-3-1-2-4-12(11)26(23,24)17-6-5-13(20)18-7-10(8-18)19-14(21)9-25-15(19)22/h1-4,10,17H,5-9H2. The van der Waals surface area contributed by atoms with Gasteiger partial charge in [0.05, 0.1) is 11.8 Å². The summed E-state index contributed by atoms with van der Waals surface area (Å²) in [6.45, 7) is 0.321. The molecule has 1 aromatic rings. The fourth-order valence-corrected chi connectivity index (χ4v) is 4.61. The van der Waals surface area contributed by atoms with Gasteiger partial charge in [0.1, 0.15) is 10.7 Å². The summed E-state index contributed by atoms with van der Waals surface area (Å²) in [5.74, 6) is -1.30. The number of carbonyl (C=O) groups excluding carboxylic acids is 3. The van der Waals surface area contributed by atoms with Crippen molar-refractivity contribution < 1.29 is 27.2 Å². The molecule has 0 unspecified atom stereocenters. The van der Waals surface area contributed by atoms with Crippen molar-refractivity contribution in [3.05, 3.63) is 30.1 Å². The predicted molar refractivity (Wildman–Crippen MR) is 91.3 cm³/mol. The number of nitrogens with one attached hydrogen (secondary N) is 1. The molecule has 2 fully saturated rings. The molecule has 1 aromatic carbocycles. The number of rotatable bonds is 6. The minimum atomic E-state index is -4.04. The maximum Gasteiger partial charge on any atom is 0.289 e. The first-order valence-corrected chi connectivity index (χ1v) is 10.3. The topological polar surface area (TPSA) is 104 Å². The van der Waals surface area contributed by atoms with E-state index in [-0.39, 0.29) is 54.9 Å². The molecular formula is C15H16FN3O5S2. The molecule has 2 aliphatic heterocycles. The number of likely N-dealkylation sites (tertiary alicyclic amines) is 1. The molecule has 0 aromatic heterocycles. The Morgan fingerprint density at radius 1 is 1.27 bits per heavy atom. The highest BCUT2D eigenvalue weighted by atomic mass is 32.2. The third kappa shape index (κ3) is 3.74. The van der Waals surface area contributed by atoms with Crippen molar-refractivity contribution in [3.8, 4) is 0 Å². The van der Waals surface area contributed by atoms with Gasteiger partial charge in [-0.1, -0.05) is 23.9 Å². The third-order valence-electron chi connectivity index (χ3n) is 4.12. The van der Waals surface area contributed by atoms with E-state index in [1.165, 1.54) is 21.9 Å². The summed E-state index contributed by atoms with van der Waals surface area (Å²) < 4.78 is 39.8. The molecule has 2 saturated heterocycles. The zero-order valence-electron chi connectivity index (χ0n) is 13.6.